The van der Waals surface area contributed by atoms with Gasteiger partial charge in [0, 0.05) is 11.6 Å². The van der Waals surface area contributed by atoms with Gasteiger partial charge in [-0.2, -0.15) is 0 Å². The van der Waals surface area contributed by atoms with Crippen LogP contribution in [0.15, 0.2) is 24.3 Å². The molecule has 2 nitrogen and oxygen atoms in total. The van der Waals surface area contributed by atoms with Crippen molar-refractivity contribution >= 4 is 11.6 Å². The summed E-state index contributed by atoms with van der Waals surface area (Å²) in [4.78, 5) is 0. The van der Waals surface area contributed by atoms with Gasteiger partial charge in [-0.15, -0.1) is 0 Å². The third-order valence-electron chi connectivity index (χ3n) is 2.78. The Labute approximate surface area is 116 Å². The average Bonchev–Trinajstić information content (AvgIpc) is 2.36. The molecule has 3 heteroatoms. The highest BCUT2D eigenvalue weighted by molar-refractivity contribution is 6.30. The molecule has 1 aromatic carbocycles. The van der Waals surface area contributed by atoms with Gasteiger partial charge in [-0.05, 0) is 37.1 Å². The topological polar surface area (TPSA) is 21.3 Å². The van der Waals surface area contributed by atoms with Gasteiger partial charge >= 0.3 is 0 Å². The van der Waals surface area contributed by atoms with E-state index in [-0.39, 0.29) is 0 Å². The quantitative estimate of drug-likeness (QED) is 0.684. The van der Waals surface area contributed by atoms with Crippen molar-refractivity contribution in [2.45, 2.75) is 45.8 Å². The largest absolute Gasteiger partial charge is 0.372 e. The predicted octanol–water partition coefficient (Wildman–Crippen LogP) is 4.02. The van der Waals surface area contributed by atoms with Crippen LogP contribution >= 0.6 is 11.6 Å². The highest BCUT2D eigenvalue weighted by atomic mass is 35.5. The number of hydrogen-bond donors (Lipinski definition) is 1. The van der Waals surface area contributed by atoms with Crippen LogP contribution in [-0.2, 0) is 11.3 Å². The van der Waals surface area contributed by atoms with Crippen molar-refractivity contribution in [3.8, 4) is 0 Å². The first kappa shape index (κ1) is 15.5. The standard InChI is InChI=1S/C15H24ClNO/c1-3-6-15(11-17-9-4-2)18-12-13-7-5-8-14(16)10-13/h5,7-8,10,15,17H,3-4,6,9,11-12H2,1-2H3. The highest BCUT2D eigenvalue weighted by Gasteiger charge is 2.07. The van der Waals surface area contributed by atoms with Crippen molar-refractivity contribution in [3.63, 3.8) is 0 Å². The molecule has 0 spiro atoms. The fourth-order valence-electron chi connectivity index (χ4n) is 1.85. The molecule has 18 heavy (non-hydrogen) atoms. The van der Waals surface area contributed by atoms with Gasteiger partial charge in [0.15, 0.2) is 0 Å². The Bertz CT molecular complexity index is 330. The first-order valence-corrected chi connectivity index (χ1v) is 7.20. The van der Waals surface area contributed by atoms with E-state index < -0.39 is 0 Å². The van der Waals surface area contributed by atoms with E-state index in [0.717, 1.165) is 42.9 Å². The van der Waals surface area contributed by atoms with Gasteiger partial charge in [-0.3, -0.25) is 0 Å². The molecule has 0 heterocycles. The van der Waals surface area contributed by atoms with Gasteiger partial charge in [0.2, 0.25) is 0 Å². The Kier molecular flexibility index (Phi) is 8.06. The maximum absolute atomic E-state index is 5.96. The number of ether oxygens (including phenoxy) is 1. The van der Waals surface area contributed by atoms with Crippen LogP contribution in [0.1, 0.15) is 38.7 Å². The van der Waals surface area contributed by atoms with Crippen LogP contribution in [0.4, 0.5) is 0 Å². The van der Waals surface area contributed by atoms with E-state index in [2.05, 4.69) is 19.2 Å². The summed E-state index contributed by atoms with van der Waals surface area (Å²) in [6, 6.07) is 7.86. The third kappa shape index (κ3) is 6.39. The van der Waals surface area contributed by atoms with Crippen LogP contribution < -0.4 is 5.32 Å². The maximum Gasteiger partial charge on any atom is 0.0721 e. The second-order valence-corrected chi connectivity index (χ2v) is 4.99. The molecule has 0 bridgehead atoms. The molecular formula is C15H24ClNO. The molecule has 0 aliphatic heterocycles. The highest BCUT2D eigenvalue weighted by Crippen LogP contribution is 2.13. The molecule has 0 saturated heterocycles. The molecule has 0 amide bonds. The van der Waals surface area contributed by atoms with Crippen molar-refractivity contribution < 1.29 is 4.74 Å². The van der Waals surface area contributed by atoms with E-state index in [0.29, 0.717) is 12.7 Å². The van der Waals surface area contributed by atoms with Gasteiger partial charge in [0.05, 0.1) is 12.7 Å². The van der Waals surface area contributed by atoms with Crippen molar-refractivity contribution in [1.82, 2.24) is 5.32 Å². The van der Waals surface area contributed by atoms with Crippen LogP contribution in [0.5, 0.6) is 0 Å². The first-order valence-electron chi connectivity index (χ1n) is 6.83. The minimum absolute atomic E-state index is 0.292. The second kappa shape index (κ2) is 9.37. The molecule has 1 N–H and O–H groups in total. The number of rotatable bonds is 9. The lowest BCUT2D eigenvalue weighted by molar-refractivity contribution is 0.0349. The van der Waals surface area contributed by atoms with Crippen molar-refractivity contribution in [1.29, 1.82) is 0 Å². The summed E-state index contributed by atoms with van der Waals surface area (Å²) >= 11 is 5.96. The van der Waals surface area contributed by atoms with Crippen LogP contribution in [-0.4, -0.2) is 19.2 Å². The third-order valence-corrected chi connectivity index (χ3v) is 3.02. The lowest BCUT2D eigenvalue weighted by Gasteiger charge is -2.18. The summed E-state index contributed by atoms with van der Waals surface area (Å²) in [5, 5.41) is 4.19. The molecule has 0 aliphatic carbocycles. The average molecular weight is 270 g/mol. The molecule has 1 aromatic rings. The van der Waals surface area contributed by atoms with Crippen molar-refractivity contribution in [2.75, 3.05) is 13.1 Å². The zero-order valence-corrected chi connectivity index (χ0v) is 12.2. The van der Waals surface area contributed by atoms with Gasteiger partial charge in [-0.1, -0.05) is 44.0 Å². The normalized spacial score (nSPS) is 12.6. The first-order chi connectivity index (χ1) is 8.76. The molecule has 1 rings (SSSR count). The van der Waals surface area contributed by atoms with Gasteiger partial charge in [0.25, 0.3) is 0 Å². The Hall–Kier alpha value is -0.570. The Balaban J connectivity index is 2.36. The molecule has 0 aromatic heterocycles. The number of benzene rings is 1. The summed E-state index contributed by atoms with van der Waals surface area (Å²) in [6.45, 7) is 6.99. The minimum atomic E-state index is 0.292. The summed E-state index contributed by atoms with van der Waals surface area (Å²) in [5.41, 5.74) is 1.14. The Morgan fingerprint density at radius 1 is 1.28 bits per heavy atom. The van der Waals surface area contributed by atoms with Gasteiger partial charge < -0.3 is 10.1 Å². The van der Waals surface area contributed by atoms with Crippen LogP contribution in [0.25, 0.3) is 0 Å². The molecule has 1 unspecified atom stereocenters. The molecule has 102 valence electrons. The van der Waals surface area contributed by atoms with E-state index in [9.17, 15) is 0 Å². The van der Waals surface area contributed by atoms with E-state index >= 15 is 0 Å². The zero-order valence-electron chi connectivity index (χ0n) is 11.4. The molecule has 1 atom stereocenters. The molecular weight excluding hydrogens is 246 g/mol. The van der Waals surface area contributed by atoms with E-state index in [1.54, 1.807) is 0 Å². The van der Waals surface area contributed by atoms with Crippen LogP contribution in [0, 0.1) is 0 Å². The fraction of sp³-hybridized carbons (Fsp3) is 0.600. The number of hydrogen-bond acceptors (Lipinski definition) is 2. The Morgan fingerprint density at radius 2 is 2.11 bits per heavy atom. The monoisotopic (exact) mass is 269 g/mol. The zero-order chi connectivity index (χ0) is 13.2. The molecule has 0 radical (unpaired) electrons. The number of halogens is 1. The fourth-order valence-corrected chi connectivity index (χ4v) is 2.06. The lowest BCUT2D eigenvalue weighted by Crippen LogP contribution is -2.29. The second-order valence-electron chi connectivity index (χ2n) is 4.56. The van der Waals surface area contributed by atoms with Crippen molar-refractivity contribution in [3.05, 3.63) is 34.9 Å². The molecule has 0 fully saturated rings. The minimum Gasteiger partial charge on any atom is -0.372 e. The maximum atomic E-state index is 5.96. The van der Waals surface area contributed by atoms with Gasteiger partial charge in [0.1, 0.15) is 0 Å². The summed E-state index contributed by atoms with van der Waals surface area (Å²) in [5.74, 6) is 0. The van der Waals surface area contributed by atoms with Gasteiger partial charge in [-0.25, -0.2) is 0 Å². The lowest BCUT2D eigenvalue weighted by atomic mass is 10.2. The van der Waals surface area contributed by atoms with E-state index in [1.807, 2.05) is 24.3 Å². The smallest absolute Gasteiger partial charge is 0.0721 e. The molecule has 0 aliphatic rings. The van der Waals surface area contributed by atoms with Crippen LogP contribution in [0.3, 0.4) is 0 Å². The SMILES string of the molecule is CCCNCC(CCC)OCc1cccc(Cl)c1. The van der Waals surface area contributed by atoms with Crippen LogP contribution in [0.2, 0.25) is 5.02 Å². The van der Waals surface area contributed by atoms with E-state index in [4.69, 9.17) is 16.3 Å². The summed E-state index contributed by atoms with van der Waals surface area (Å²) in [6.07, 6.45) is 3.69. The molecule has 0 saturated carbocycles. The summed E-state index contributed by atoms with van der Waals surface area (Å²) in [7, 11) is 0. The number of nitrogens with one attached hydrogen (secondary N) is 1. The Morgan fingerprint density at radius 3 is 2.78 bits per heavy atom. The van der Waals surface area contributed by atoms with Crippen molar-refractivity contribution in [2.24, 2.45) is 0 Å². The predicted molar refractivity (Wildman–Crippen MR) is 78.1 cm³/mol. The summed E-state index contributed by atoms with van der Waals surface area (Å²) < 4.78 is 5.95. The van der Waals surface area contributed by atoms with E-state index in [1.165, 1.54) is 0 Å².